The van der Waals surface area contributed by atoms with Gasteiger partial charge in [0, 0.05) is 23.3 Å². The third kappa shape index (κ3) is 5.40. The first-order chi connectivity index (χ1) is 14.8. The Hall–Kier alpha value is -2.96. The minimum atomic E-state index is -0.496. The first-order valence-corrected chi connectivity index (χ1v) is 10.6. The van der Waals surface area contributed by atoms with Crippen LogP contribution in [0.15, 0.2) is 59.4 Å². The number of carbonyl (C=O) groups is 1. The second-order valence-electron chi connectivity index (χ2n) is 7.67. The molecule has 0 saturated carbocycles. The van der Waals surface area contributed by atoms with E-state index in [0.29, 0.717) is 17.3 Å². The highest BCUT2D eigenvalue weighted by molar-refractivity contribution is 6.30. The standard InChI is InChI=1S/C24H27ClN4O2/c1-5-17-6-8-18(9-7-17)21(28(3)4)15-26-24(31)23-22(30)14-16(2)29(27-23)20-12-10-19(25)11-13-20/h6-14,21H,5,15H2,1-4H3,(H,26,31). The van der Waals surface area contributed by atoms with Crippen LogP contribution in [0.2, 0.25) is 5.02 Å². The number of hydrogen-bond donors (Lipinski definition) is 1. The molecule has 162 valence electrons. The zero-order valence-electron chi connectivity index (χ0n) is 18.2. The van der Waals surface area contributed by atoms with E-state index in [4.69, 9.17) is 11.6 Å². The number of rotatable bonds is 7. The predicted octanol–water partition coefficient (Wildman–Crippen LogP) is 3.79. The summed E-state index contributed by atoms with van der Waals surface area (Å²) in [7, 11) is 3.92. The molecular formula is C24H27ClN4O2. The van der Waals surface area contributed by atoms with Gasteiger partial charge in [0.15, 0.2) is 5.69 Å². The summed E-state index contributed by atoms with van der Waals surface area (Å²) >= 11 is 5.96. The van der Waals surface area contributed by atoms with E-state index in [1.165, 1.54) is 11.6 Å². The molecule has 1 unspecified atom stereocenters. The molecule has 0 fully saturated rings. The number of likely N-dealkylation sites (N-methyl/N-ethyl adjacent to an activating group) is 1. The van der Waals surface area contributed by atoms with Gasteiger partial charge < -0.3 is 10.2 Å². The number of hydrogen-bond acceptors (Lipinski definition) is 4. The molecule has 1 amide bonds. The Morgan fingerprint density at radius 2 is 1.77 bits per heavy atom. The maximum Gasteiger partial charge on any atom is 0.275 e. The fraction of sp³-hybridized carbons (Fsp3) is 0.292. The van der Waals surface area contributed by atoms with Crippen molar-refractivity contribution in [2.24, 2.45) is 0 Å². The van der Waals surface area contributed by atoms with Crippen molar-refractivity contribution in [3.05, 3.63) is 92.4 Å². The smallest absolute Gasteiger partial charge is 0.275 e. The lowest BCUT2D eigenvalue weighted by Crippen LogP contribution is -2.37. The number of nitrogens with one attached hydrogen (secondary N) is 1. The maximum absolute atomic E-state index is 12.8. The van der Waals surface area contributed by atoms with Crippen molar-refractivity contribution in [3.63, 3.8) is 0 Å². The van der Waals surface area contributed by atoms with Crippen LogP contribution in [-0.2, 0) is 6.42 Å². The van der Waals surface area contributed by atoms with Crippen molar-refractivity contribution in [2.75, 3.05) is 20.6 Å². The molecule has 1 heterocycles. The average Bonchev–Trinajstić information content (AvgIpc) is 2.75. The van der Waals surface area contributed by atoms with Crippen LogP contribution in [0, 0.1) is 6.92 Å². The summed E-state index contributed by atoms with van der Waals surface area (Å²) in [4.78, 5) is 27.4. The SMILES string of the molecule is CCc1ccc(C(CNC(=O)c2nn(-c3ccc(Cl)cc3)c(C)cc2=O)N(C)C)cc1. The zero-order valence-corrected chi connectivity index (χ0v) is 19.0. The van der Waals surface area contributed by atoms with Crippen LogP contribution in [-0.4, -0.2) is 41.2 Å². The van der Waals surface area contributed by atoms with Crippen molar-refractivity contribution >= 4 is 17.5 Å². The van der Waals surface area contributed by atoms with Crippen LogP contribution in [0.4, 0.5) is 0 Å². The van der Waals surface area contributed by atoms with E-state index >= 15 is 0 Å². The van der Waals surface area contributed by atoms with E-state index in [-0.39, 0.29) is 11.7 Å². The van der Waals surface area contributed by atoms with E-state index in [9.17, 15) is 9.59 Å². The molecule has 1 aromatic heterocycles. The minimum Gasteiger partial charge on any atom is -0.349 e. The van der Waals surface area contributed by atoms with E-state index in [1.54, 1.807) is 35.9 Å². The lowest BCUT2D eigenvalue weighted by atomic mass is 10.0. The normalized spacial score (nSPS) is 12.1. The van der Waals surface area contributed by atoms with Crippen molar-refractivity contribution < 1.29 is 4.79 Å². The van der Waals surface area contributed by atoms with Crippen LogP contribution >= 0.6 is 11.6 Å². The monoisotopic (exact) mass is 438 g/mol. The Morgan fingerprint density at radius 3 is 2.35 bits per heavy atom. The summed E-state index contributed by atoms with van der Waals surface area (Å²) in [5, 5.41) is 7.80. The van der Waals surface area contributed by atoms with Crippen LogP contribution in [0.3, 0.4) is 0 Å². The maximum atomic E-state index is 12.8. The van der Waals surface area contributed by atoms with Gasteiger partial charge in [-0.25, -0.2) is 4.68 Å². The molecule has 2 aromatic carbocycles. The molecule has 0 aliphatic rings. The van der Waals surface area contributed by atoms with Crippen molar-refractivity contribution in [2.45, 2.75) is 26.3 Å². The number of halogens is 1. The highest BCUT2D eigenvalue weighted by atomic mass is 35.5. The first kappa shape index (κ1) is 22.7. The Bertz CT molecular complexity index is 1110. The van der Waals surface area contributed by atoms with Gasteiger partial charge in [-0.15, -0.1) is 0 Å². The van der Waals surface area contributed by atoms with Gasteiger partial charge in [0.2, 0.25) is 5.43 Å². The van der Waals surface area contributed by atoms with E-state index in [1.807, 2.05) is 19.0 Å². The molecule has 0 aliphatic heterocycles. The second-order valence-corrected chi connectivity index (χ2v) is 8.11. The fourth-order valence-corrected chi connectivity index (χ4v) is 3.52. The summed E-state index contributed by atoms with van der Waals surface area (Å²) in [5.41, 5.74) is 3.16. The van der Waals surface area contributed by atoms with Gasteiger partial charge in [-0.05, 0) is 62.8 Å². The zero-order chi connectivity index (χ0) is 22.5. The second kappa shape index (κ2) is 9.90. The van der Waals surface area contributed by atoms with Gasteiger partial charge in [-0.1, -0.05) is 42.8 Å². The molecule has 6 nitrogen and oxygen atoms in total. The number of amides is 1. The number of aryl methyl sites for hydroxylation is 2. The summed E-state index contributed by atoms with van der Waals surface area (Å²) in [5.74, 6) is -0.496. The highest BCUT2D eigenvalue weighted by Gasteiger charge is 2.19. The third-order valence-corrected chi connectivity index (χ3v) is 5.50. The fourth-order valence-electron chi connectivity index (χ4n) is 3.40. The molecule has 31 heavy (non-hydrogen) atoms. The van der Waals surface area contributed by atoms with E-state index < -0.39 is 11.3 Å². The van der Waals surface area contributed by atoms with Gasteiger partial charge in [-0.2, -0.15) is 5.10 Å². The van der Waals surface area contributed by atoms with E-state index in [0.717, 1.165) is 17.7 Å². The van der Waals surface area contributed by atoms with Gasteiger partial charge in [0.1, 0.15) is 0 Å². The molecule has 1 atom stereocenters. The molecule has 3 aromatic rings. The Morgan fingerprint density at radius 1 is 1.13 bits per heavy atom. The summed E-state index contributed by atoms with van der Waals surface area (Å²) in [6.07, 6.45) is 0.975. The lowest BCUT2D eigenvalue weighted by Gasteiger charge is -2.25. The number of nitrogens with zero attached hydrogens (tertiary/aromatic N) is 3. The highest BCUT2D eigenvalue weighted by Crippen LogP contribution is 2.19. The topological polar surface area (TPSA) is 67.2 Å². The molecule has 0 saturated heterocycles. The van der Waals surface area contributed by atoms with Crippen molar-refractivity contribution in [1.29, 1.82) is 0 Å². The summed E-state index contributed by atoms with van der Waals surface area (Å²) in [6.45, 7) is 4.24. The van der Waals surface area contributed by atoms with Gasteiger partial charge in [0.05, 0.1) is 11.7 Å². The average molecular weight is 439 g/mol. The molecule has 0 bridgehead atoms. The number of benzene rings is 2. The number of aromatic nitrogens is 2. The molecule has 0 aliphatic carbocycles. The number of carbonyl (C=O) groups excluding carboxylic acids is 1. The molecule has 3 rings (SSSR count). The van der Waals surface area contributed by atoms with Crippen molar-refractivity contribution in [1.82, 2.24) is 20.0 Å². The van der Waals surface area contributed by atoms with Crippen LogP contribution < -0.4 is 10.7 Å². The molecule has 0 spiro atoms. The van der Waals surface area contributed by atoms with Gasteiger partial charge >= 0.3 is 0 Å². The summed E-state index contributed by atoms with van der Waals surface area (Å²) < 4.78 is 1.57. The van der Waals surface area contributed by atoms with Crippen LogP contribution in [0.1, 0.15) is 40.3 Å². The quantitative estimate of drug-likeness (QED) is 0.609. The van der Waals surface area contributed by atoms with Gasteiger partial charge in [0.25, 0.3) is 5.91 Å². The molecule has 1 N–H and O–H groups in total. The molecule has 0 radical (unpaired) electrons. The largest absolute Gasteiger partial charge is 0.349 e. The first-order valence-electron chi connectivity index (χ1n) is 10.2. The van der Waals surface area contributed by atoms with E-state index in [2.05, 4.69) is 41.6 Å². The third-order valence-electron chi connectivity index (χ3n) is 5.25. The Labute approximate surface area is 187 Å². The lowest BCUT2D eigenvalue weighted by molar-refractivity contribution is 0.0934. The predicted molar refractivity (Wildman–Crippen MR) is 124 cm³/mol. The van der Waals surface area contributed by atoms with Crippen molar-refractivity contribution in [3.8, 4) is 5.69 Å². The molecule has 7 heteroatoms. The van der Waals surface area contributed by atoms with Crippen LogP contribution in [0.5, 0.6) is 0 Å². The molecular weight excluding hydrogens is 412 g/mol. The van der Waals surface area contributed by atoms with Gasteiger partial charge in [-0.3, -0.25) is 9.59 Å². The van der Waals surface area contributed by atoms with Crippen LogP contribution in [0.25, 0.3) is 5.69 Å². The Kier molecular flexibility index (Phi) is 7.25. The summed E-state index contributed by atoms with van der Waals surface area (Å²) in [6, 6.07) is 16.8. The Balaban J connectivity index is 1.82. The minimum absolute atomic E-state index is 0.0289.